The van der Waals surface area contributed by atoms with E-state index in [9.17, 15) is 10.1 Å². The number of nitriles is 1. The third-order valence-corrected chi connectivity index (χ3v) is 3.81. The summed E-state index contributed by atoms with van der Waals surface area (Å²) < 4.78 is 0. The average molecular weight is 295 g/mol. The fraction of sp³-hybridized carbons (Fsp3) is 0.538. The van der Waals surface area contributed by atoms with Gasteiger partial charge < -0.3 is 21.3 Å². The van der Waals surface area contributed by atoms with Crippen molar-refractivity contribution in [2.45, 2.75) is 13.3 Å². The lowest BCUT2D eigenvalue weighted by molar-refractivity contribution is 0.0958. The van der Waals surface area contributed by atoms with Crippen LogP contribution in [-0.4, -0.2) is 44.5 Å². The molecule has 0 saturated carbocycles. The number of nitrogens with one attached hydrogen (secondary N) is 2. The minimum atomic E-state index is -0.216. The van der Waals surface area contributed by atoms with Crippen LogP contribution in [0.5, 0.6) is 0 Å². The van der Waals surface area contributed by atoms with Crippen molar-refractivity contribution >= 4 is 27.9 Å². The van der Waals surface area contributed by atoms with Crippen LogP contribution in [0.25, 0.3) is 0 Å². The Morgan fingerprint density at radius 2 is 2.15 bits per heavy atom. The highest BCUT2D eigenvalue weighted by Crippen LogP contribution is 2.34. The number of anilines is 2. The predicted molar refractivity (Wildman–Crippen MR) is 83.1 cm³/mol. The lowest BCUT2D eigenvalue weighted by Crippen LogP contribution is -2.23. The first-order valence-corrected chi connectivity index (χ1v) is 7.32. The van der Waals surface area contributed by atoms with Gasteiger partial charge in [-0.05, 0) is 20.5 Å². The molecule has 0 spiro atoms. The zero-order valence-corrected chi connectivity index (χ0v) is 12.9. The molecule has 1 aromatic heterocycles. The maximum absolute atomic E-state index is 12.0. The Balaban J connectivity index is 2.86. The topological polar surface area (TPSA) is 94.2 Å². The second kappa shape index (κ2) is 7.72. The van der Waals surface area contributed by atoms with Gasteiger partial charge in [-0.2, -0.15) is 5.26 Å². The number of likely N-dealkylation sites (N-methyl/N-ethyl adjacent to an activating group) is 1. The average Bonchev–Trinajstić information content (AvgIpc) is 2.72. The second-order valence-electron chi connectivity index (χ2n) is 4.65. The maximum atomic E-state index is 12.0. The largest absolute Gasteiger partial charge is 0.396 e. The van der Waals surface area contributed by atoms with E-state index in [1.165, 1.54) is 11.3 Å². The van der Waals surface area contributed by atoms with Crippen molar-refractivity contribution < 1.29 is 4.79 Å². The van der Waals surface area contributed by atoms with Crippen molar-refractivity contribution in [1.82, 2.24) is 10.2 Å². The molecule has 0 saturated heterocycles. The quantitative estimate of drug-likeness (QED) is 0.705. The first-order chi connectivity index (χ1) is 9.51. The molecule has 7 heteroatoms. The molecule has 0 aliphatic heterocycles. The van der Waals surface area contributed by atoms with Crippen molar-refractivity contribution in [1.29, 1.82) is 5.26 Å². The van der Waals surface area contributed by atoms with Gasteiger partial charge in [-0.1, -0.05) is 6.92 Å². The summed E-state index contributed by atoms with van der Waals surface area (Å²) in [5, 5.41) is 15.8. The molecule has 110 valence electrons. The molecular formula is C13H21N5OS. The number of thiophene rings is 1. The number of hydrogen-bond acceptors (Lipinski definition) is 6. The van der Waals surface area contributed by atoms with Gasteiger partial charge >= 0.3 is 0 Å². The van der Waals surface area contributed by atoms with Crippen LogP contribution in [0.4, 0.5) is 10.7 Å². The number of amides is 1. The van der Waals surface area contributed by atoms with E-state index < -0.39 is 0 Å². The van der Waals surface area contributed by atoms with Gasteiger partial charge in [-0.3, -0.25) is 4.79 Å². The van der Waals surface area contributed by atoms with Crippen LogP contribution in [0, 0.1) is 11.3 Å². The highest BCUT2D eigenvalue weighted by molar-refractivity contribution is 7.18. The zero-order valence-electron chi connectivity index (χ0n) is 12.1. The number of carbonyl (C=O) groups excluding carboxylic acids is 1. The molecule has 1 heterocycles. The van der Waals surface area contributed by atoms with Crippen LogP contribution < -0.4 is 16.4 Å². The first kappa shape index (κ1) is 16.3. The highest BCUT2D eigenvalue weighted by Gasteiger charge is 2.20. The van der Waals surface area contributed by atoms with Crippen LogP contribution in [0.1, 0.15) is 28.6 Å². The SMILES string of the molecule is CCCNC(=O)c1sc(NCCN(C)C)c(C#N)c1N. The van der Waals surface area contributed by atoms with Crippen LogP contribution in [-0.2, 0) is 0 Å². The van der Waals surface area contributed by atoms with Crippen molar-refractivity contribution in [3.63, 3.8) is 0 Å². The number of rotatable bonds is 7. The van der Waals surface area contributed by atoms with E-state index >= 15 is 0 Å². The Morgan fingerprint density at radius 1 is 1.45 bits per heavy atom. The molecule has 0 aliphatic carbocycles. The van der Waals surface area contributed by atoms with E-state index in [1.54, 1.807) is 0 Å². The molecule has 0 atom stereocenters. The Kier molecular flexibility index (Phi) is 6.28. The molecule has 0 aliphatic rings. The number of carbonyl (C=O) groups is 1. The van der Waals surface area contributed by atoms with Crippen LogP contribution >= 0.6 is 11.3 Å². The van der Waals surface area contributed by atoms with Crippen LogP contribution in [0.2, 0.25) is 0 Å². The number of nitrogens with two attached hydrogens (primary N) is 1. The summed E-state index contributed by atoms with van der Waals surface area (Å²) in [6.07, 6.45) is 0.857. The number of nitrogens with zero attached hydrogens (tertiary/aromatic N) is 2. The summed E-state index contributed by atoms with van der Waals surface area (Å²) in [6, 6.07) is 2.06. The Labute approximate surface area is 123 Å². The molecule has 1 rings (SSSR count). The van der Waals surface area contributed by atoms with Crippen molar-refractivity contribution in [3.05, 3.63) is 10.4 Å². The number of hydrogen-bond donors (Lipinski definition) is 3. The van der Waals surface area contributed by atoms with Crippen molar-refractivity contribution in [2.24, 2.45) is 0 Å². The molecule has 0 radical (unpaired) electrons. The molecule has 0 unspecified atom stereocenters. The summed E-state index contributed by atoms with van der Waals surface area (Å²) in [7, 11) is 3.94. The van der Waals surface area contributed by atoms with E-state index in [-0.39, 0.29) is 11.6 Å². The Hall–Kier alpha value is -1.78. The minimum Gasteiger partial charge on any atom is -0.396 e. The van der Waals surface area contributed by atoms with Crippen molar-refractivity contribution in [3.8, 4) is 6.07 Å². The van der Waals surface area contributed by atoms with E-state index in [1.807, 2.05) is 25.9 Å². The fourth-order valence-electron chi connectivity index (χ4n) is 1.56. The summed E-state index contributed by atoms with van der Waals surface area (Å²) >= 11 is 1.23. The van der Waals surface area contributed by atoms with Gasteiger partial charge in [0.05, 0.1) is 5.69 Å². The van der Waals surface area contributed by atoms with E-state index in [0.717, 1.165) is 13.0 Å². The fourth-order valence-corrected chi connectivity index (χ4v) is 2.57. The van der Waals surface area contributed by atoms with Gasteiger partial charge in [-0.25, -0.2) is 0 Å². The molecule has 0 aromatic carbocycles. The summed E-state index contributed by atoms with van der Waals surface area (Å²) in [5.74, 6) is -0.216. The van der Waals surface area contributed by atoms with Crippen molar-refractivity contribution in [2.75, 3.05) is 44.8 Å². The maximum Gasteiger partial charge on any atom is 0.263 e. The molecule has 1 amide bonds. The Morgan fingerprint density at radius 3 is 2.70 bits per heavy atom. The third-order valence-electron chi connectivity index (χ3n) is 2.64. The molecular weight excluding hydrogens is 274 g/mol. The standard InChI is InChI=1S/C13H21N5OS/c1-4-5-16-12(19)11-10(15)9(8-14)13(20-11)17-6-7-18(2)3/h17H,4-7,15H2,1-3H3,(H,16,19). The van der Waals surface area contributed by atoms with E-state index in [4.69, 9.17) is 5.73 Å². The minimum absolute atomic E-state index is 0.216. The van der Waals surface area contributed by atoms with Crippen LogP contribution in [0.15, 0.2) is 0 Å². The van der Waals surface area contributed by atoms with E-state index in [2.05, 4.69) is 16.7 Å². The monoisotopic (exact) mass is 295 g/mol. The summed E-state index contributed by atoms with van der Waals surface area (Å²) in [4.78, 5) is 14.4. The first-order valence-electron chi connectivity index (χ1n) is 6.50. The van der Waals surface area contributed by atoms with Gasteiger partial charge in [0, 0.05) is 19.6 Å². The van der Waals surface area contributed by atoms with E-state index in [0.29, 0.717) is 28.5 Å². The van der Waals surface area contributed by atoms with Gasteiger partial charge in [0.15, 0.2) is 0 Å². The highest BCUT2D eigenvalue weighted by atomic mass is 32.1. The van der Waals surface area contributed by atoms with Gasteiger partial charge in [0.1, 0.15) is 21.5 Å². The Bertz CT molecular complexity index is 504. The lowest BCUT2D eigenvalue weighted by Gasteiger charge is -2.10. The van der Waals surface area contributed by atoms with Gasteiger partial charge in [0.2, 0.25) is 0 Å². The predicted octanol–water partition coefficient (Wildman–Crippen LogP) is 1.32. The molecule has 0 bridgehead atoms. The lowest BCUT2D eigenvalue weighted by atomic mass is 10.2. The summed E-state index contributed by atoms with van der Waals surface area (Å²) in [5.41, 5.74) is 6.51. The summed E-state index contributed by atoms with van der Waals surface area (Å²) in [6.45, 7) is 4.10. The normalized spacial score (nSPS) is 10.3. The van der Waals surface area contributed by atoms with Crippen LogP contribution in [0.3, 0.4) is 0 Å². The van der Waals surface area contributed by atoms with Gasteiger partial charge in [-0.15, -0.1) is 11.3 Å². The molecule has 6 nitrogen and oxygen atoms in total. The van der Waals surface area contributed by atoms with Gasteiger partial charge in [0.25, 0.3) is 5.91 Å². The molecule has 4 N–H and O–H groups in total. The molecule has 0 fully saturated rings. The molecule has 1 aromatic rings. The smallest absolute Gasteiger partial charge is 0.263 e. The zero-order chi connectivity index (χ0) is 15.1. The second-order valence-corrected chi connectivity index (χ2v) is 5.67. The third kappa shape index (κ3) is 4.11. The molecule has 20 heavy (non-hydrogen) atoms. The number of nitrogen functional groups attached to an aromatic ring is 1.